The second-order valence-electron chi connectivity index (χ2n) is 5.38. The number of nitrogens with one attached hydrogen (secondary N) is 1. The van der Waals surface area contributed by atoms with Crippen molar-refractivity contribution in [3.05, 3.63) is 89.1 Å². The number of rotatable bonds is 4. The van der Waals surface area contributed by atoms with Crippen LogP contribution in [0.3, 0.4) is 0 Å². The lowest BCUT2D eigenvalue weighted by Crippen LogP contribution is -2.47. The van der Waals surface area contributed by atoms with Crippen LogP contribution in [0.4, 0.5) is 5.69 Å². The molecule has 0 saturated heterocycles. The maximum absolute atomic E-state index is 12.1. The van der Waals surface area contributed by atoms with Crippen LogP contribution in [-0.2, 0) is 7.05 Å². The number of benzene rings is 2. The Morgan fingerprint density at radius 3 is 2.33 bits per heavy atom. The van der Waals surface area contributed by atoms with Crippen molar-refractivity contribution < 1.29 is 4.92 Å². The molecule has 0 amide bonds. The predicted octanol–water partition coefficient (Wildman–Crippen LogP) is 1.94. The Balaban J connectivity index is 1.93. The molecule has 0 spiro atoms. The number of nitro groups is 1. The lowest BCUT2D eigenvalue weighted by Gasteiger charge is -2.08. The van der Waals surface area contributed by atoms with Gasteiger partial charge in [0.15, 0.2) is 0 Å². The summed E-state index contributed by atoms with van der Waals surface area (Å²) in [4.78, 5) is 49.2. The number of non-ortho nitro benzene ring substituents is 1. The van der Waals surface area contributed by atoms with Crippen LogP contribution in [0.5, 0.6) is 0 Å². The standard InChI is InChI=1S/C16H11ClN4O5S/c1-19-14(22)18-15(23)20(16(19)24)9-2-5-11(6-3-9)27-13-7-4-10(21(25)26)8-12(13)17/h2-8H,1H3,(H,18,22,23). The molecule has 0 radical (unpaired) electrons. The van der Waals surface area contributed by atoms with Gasteiger partial charge in [0.1, 0.15) is 0 Å². The summed E-state index contributed by atoms with van der Waals surface area (Å²) in [6.45, 7) is 0. The Morgan fingerprint density at radius 1 is 1.07 bits per heavy atom. The molecule has 0 aliphatic rings. The van der Waals surface area contributed by atoms with Gasteiger partial charge in [-0.1, -0.05) is 23.4 Å². The van der Waals surface area contributed by atoms with E-state index in [1.54, 1.807) is 30.3 Å². The van der Waals surface area contributed by atoms with Crippen molar-refractivity contribution in [3.8, 4) is 5.69 Å². The molecule has 0 bridgehead atoms. The van der Waals surface area contributed by atoms with Gasteiger partial charge in [-0.15, -0.1) is 0 Å². The van der Waals surface area contributed by atoms with Crippen LogP contribution in [-0.4, -0.2) is 19.0 Å². The summed E-state index contributed by atoms with van der Waals surface area (Å²) >= 11 is 7.35. The quantitative estimate of drug-likeness (QED) is 0.522. The van der Waals surface area contributed by atoms with E-state index in [-0.39, 0.29) is 16.4 Å². The molecule has 3 aromatic rings. The molecule has 1 heterocycles. The number of aromatic amines is 1. The van der Waals surface area contributed by atoms with Gasteiger partial charge in [-0.25, -0.2) is 23.5 Å². The third-order valence-corrected chi connectivity index (χ3v) is 5.16. The topological polar surface area (TPSA) is 120 Å². The fourth-order valence-electron chi connectivity index (χ4n) is 2.26. The number of halogens is 1. The number of H-pyrrole nitrogens is 1. The number of aromatic nitrogens is 3. The molecular weight excluding hydrogens is 396 g/mol. The zero-order valence-electron chi connectivity index (χ0n) is 13.7. The second-order valence-corrected chi connectivity index (χ2v) is 6.90. The van der Waals surface area contributed by atoms with Crippen LogP contribution in [0, 0.1) is 10.1 Å². The van der Waals surface area contributed by atoms with Crippen LogP contribution >= 0.6 is 23.4 Å². The van der Waals surface area contributed by atoms with Crippen molar-refractivity contribution in [2.45, 2.75) is 9.79 Å². The van der Waals surface area contributed by atoms with Crippen LogP contribution in [0.1, 0.15) is 0 Å². The van der Waals surface area contributed by atoms with E-state index < -0.39 is 22.0 Å². The fraction of sp³-hybridized carbons (Fsp3) is 0.0625. The van der Waals surface area contributed by atoms with Crippen molar-refractivity contribution in [3.63, 3.8) is 0 Å². The summed E-state index contributed by atoms with van der Waals surface area (Å²) in [6.07, 6.45) is 0. The van der Waals surface area contributed by atoms with E-state index in [1.807, 2.05) is 0 Å². The molecule has 9 nitrogen and oxygen atoms in total. The fourth-order valence-corrected chi connectivity index (χ4v) is 3.37. The van der Waals surface area contributed by atoms with Crippen LogP contribution in [0.15, 0.2) is 66.6 Å². The largest absolute Gasteiger partial charge is 0.340 e. The summed E-state index contributed by atoms with van der Waals surface area (Å²) in [5.74, 6) is 0. The monoisotopic (exact) mass is 406 g/mol. The highest BCUT2D eigenvalue weighted by Gasteiger charge is 2.12. The lowest BCUT2D eigenvalue weighted by molar-refractivity contribution is -0.384. The van der Waals surface area contributed by atoms with Crippen molar-refractivity contribution in [1.29, 1.82) is 0 Å². The molecule has 0 unspecified atom stereocenters. The molecule has 138 valence electrons. The Bertz CT molecular complexity index is 1210. The summed E-state index contributed by atoms with van der Waals surface area (Å²) < 4.78 is 1.63. The number of nitro benzene ring substituents is 1. The lowest BCUT2D eigenvalue weighted by atomic mass is 10.3. The average Bonchev–Trinajstić information content (AvgIpc) is 2.62. The molecule has 27 heavy (non-hydrogen) atoms. The Hall–Kier alpha value is -3.11. The zero-order valence-corrected chi connectivity index (χ0v) is 15.3. The van der Waals surface area contributed by atoms with Gasteiger partial charge in [-0.05, 0) is 30.3 Å². The van der Waals surface area contributed by atoms with Crippen molar-refractivity contribution in [2.75, 3.05) is 0 Å². The minimum Gasteiger partial charge on any atom is -0.258 e. The van der Waals surface area contributed by atoms with Gasteiger partial charge in [0, 0.05) is 29.0 Å². The summed E-state index contributed by atoms with van der Waals surface area (Å²) in [7, 11) is 1.26. The third-order valence-electron chi connectivity index (χ3n) is 3.65. The molecular formula is C16H11ClN4O5S. The highest BCUT2D eigenvalue weighted by Crippen LogP contribution is 2.35. The molecule has 0 aliphatic heterocycles. The Labute approximate surface area is 160 Å². The first kappa shape index (κ1) is 18.7. The van der Waals surface area contributed by atoms with E-state index in [0.29, 0.717) is 4.90 Å². The average molecular weight is 407 g/mol. The minimum atomic E-state index is -0.832. The van der Waals surface area contributed by atoms with Crippen molar-refractivity contribution in [1.82, 2.24) is 14.1 Å². The van der Waals surface area contributed by atoms with E-state index in [9.17, 15) is 24.5 Å². The van der Waals surface area contributed by atoms with Crippen molar-refractivity contribution >= 4 is 29.1 Å². The second kappa shape index (κ2) is 7.25. The molecule has 1 N–H and O–H groups in total. The highest BCUT2D eigenvalue weighted by molar-refractivity contribution is 7.99. The van der Waals surface area contributed by atoms with Gasteiger partial charge >= 0.3 is 17.1 Å². The van der Waals surface area contributed by atoms with E-state index in [1.165, 1.54) is 30.9 Å². The molecule has 2 aromatic carbocycles. The SMILES string of the molecule is Cn1c(=O)[nH]c(=O)n(-c2ccc(Sc3ccc([N+](=O)[O-])cc3Cl)cc2)c1=O. The van der Waals surface area contributed by atoms with Crippen LogP contribution in [0.25, 0.3) is 5.69 Å². The number of nitrogens with zero attached hydrogens (tertiary/aromatic N) is 3. The van der Waals surface area contributed by atoms with Crippen LogP contribution in [0.2, 0.25) is 5.02 Å². The van der Waals surface area contributed by atoms with Gasteiger partial charge in [0.05, 0.1) is 15.6 Å². The van der Waals surface area contributed by atoms with E-state index in [2.05, 4.69) is 4.98 Å². The molecule has 0 saturated carbocycles. The predicted molar refractivity (Wildman–Crippen MR) is 100 cm³/mol. The maximum Gasteiger partial charge on any atom is 0.340 e. The van der Waals surface area contributed by atoms with E-state index >= 15 is 0 Å². The summed E-state index contributed by atoms with van der Waals surface area (Å²) in [5, 5.41) is 11.0. The van der Waals surface area contributed by atoms with Crippen LogP contribution < -0.4 is 17.1 Å². The highest BCUT2D eigenvalue weighted by atomic mass is 35.5. The van der Waals surface area contributed by atoms with Gasteiger partial charge in [0.2, 0.25) is 0 Å². The Morgan fingerprint density at radius 2 is 1.74 bits per heavy atom. The first-order valence-electron chi connectivity index (χ1n) is 7.42. The molecule has 11 heteroatoms. The van der Waals surface area contributed by atoms with Crippen molar-refractivity contribution in [2.24, 2.45) is 7.05 Å². The first-order chi connectivity index (χ1) is 12.8. The van der Waals surface area contributed by atoms with Gasteiger partial charge in [-0.2, -0.15) is 0 Å². The first-order valence-corrected chi connectivity index (χ1v) is 8.62. The normalized spacial score (nSPS) is 10.7. The van der Waals surface area contributed by atoms with Gasteiger partial charge in [-0.3, -0.25) is 15.1 Å². The van der Waals surface area contributed by atoms with E-state index in [4.69, 9.17) is 11.6 Å². The van der Waals surface area contributed by atoms with E-state index in [0.717, 1.165) is 14.0 Å². The van der Waals surface area contributed by atoms with Gasteiger partial charge < -0.3 is 0 Å². The zero-order chi connectivity index (χ0) is 19.7. The molecule has 1 aromatic heterocycles. The number of hydrogen-bond donors (Lipinski definition) is 1. The molecule has 0 aliphatic carbocycles. The molecule has 3 rings (SSSR count). The summed E-state index contributed by atoms with van der Waals surface area (Å²) in [5.41, 5.74) is -2.20. The molecule has 0 fully saturated rings. The minimum absolute atomic E-state index is 0.104. The summed E-state index contributed by atoms with van der Waals surface area (Å²) in [6, 6.07) is 10.6. The Kier molecular flexibility index (Phi) is 5.02. The third kappa shape index (κ3) is 3.71. The van der Waals surface area contributed by atoms with Gasteiger partial charge in [0.25, 0.3) is 5.69 Å². The number of hydrogen-bond acceptors (Lipinski definition) is 6. The molecule has 0 atom stereocenters. The maximum atomic E-state index is 12.1. The smallest absolute Gasteiger partial charge is 0.258 e.